The van der Waals surface area contributed by atoms with Crippen molar-refractivity contribution in [3.63, 3.8) is 0 Å². The molecular weight excluding hydrogens is 482 g/mol. The molecule has 0 radical (unpaired) electrons. The maximum absolute atomic E-state index is 5.53. The average Bonchev–Trinajstić information content (AvgIpc) is 3.40. The topological polar surface area (TPSA) is 100 Å². The molecule has 10 heteroatoms. The first kappa shape index (κ1) is 24.7. The molecule has 0 bridgehead atoms. The van der Waals surface area contributed by atoms with Crippen LogP contribution < -0.4 is 19.1 Å². The lowest BCUT2D eigenvalue weighted by molar-refractivity contribution is 0.394. The first-order valence-electron chi connectivity index (χ1n) is 11.9. The van der Waals surface area contributed by atoms with E-state index in [0.29, 0.717) is 29.7 Å². The molecule has 5 rings (SSSR count). The highest BCUT2D eigenvalue weighted by atomic mass is 16.5. The molecule has 192 valence electrons. The van der Waals surface area contributed by atoms with Crippen molar-refractivity contribution in [1.29, 1.82) is 0 Å². The van der Waals surface area contributed by atoms with E-state index in [1.165, 1.54) is 0 Å². The number of hydrogen-bond donors (Lipinski definition) is 0. The predicted octanol–water partition coefficient (Wildman–Crippen LogP) is 4.70. The van der Waals surface area contributed by atoms with Crippen LogP contribution in [0.25, 0.3) is 28.4 Å². The quantitative estimate of drug-likeness (QED) is 0.280. The Morgan fingerprint density at radius 3 is 2.37 bits per heavy atom. The van der Waals surface area contributed by atoms with Crippen molar-refractivity contribution in [3.8, 4) is 28.6 Å². The second-order valence-corrected chi connectivity index (χ2v) is 8.37. The predicted molar refractivity (Wildman–Crippen MR) is 146 cm³/mol. The van der Waals surface area contributed by atoms with Gasteiger partial charge in [0.05, 0.1) is 50.5 Å². The first-order chi connectivity index (χ1) is 18.6. The van der Waals surface area contributed by atoms with Crippen LogP contribution in [-0.4, -0.2) is 57.6 Å². The van der Waals surface area contributed by atoms with Gasteiger partial charge in [0.1, 0.15) is 11.5 Å². The Hall–Kier alpha value is -4.99. The summed E-state index contributed by atoms with van der Waals surface area (Å²) >= 11 is 0. The summed E-state index contributed by atoms with van der Waals surface area (Å²) in [6.45, 7) is 0.512. The summed E-state index contributed by atoms with van der Waals surface area (Å²) in [5.41, 5.74) is 5.03. The molecule has 2 aromatic carbocycles. The Morgan fingerprint density at radius 2 is 1.66 bits per heavy atom. The van der Waals surface area contributed by atoms with Gasteiger partial charge in [0.2, 0.25) is 5.88 Å². The number of anilines is 2. The summed E-state index contributed by atoms with van der Waals surface area (Å²) in [5, 5.41) is 4.25. The Kier molecular flexibility index (Phi) is 7.12. The van der Waals surface area contributed by atoms with Gasteiger partial charge in [0.25, 0.3) is 0 Å². The number of fused-ring (bicyclic) bond motifs is 1. The van der Waals surface area contributed by atoms with Crippen LogP contribution in [0, 0.1) is 0 Å². The molecule has 38 heavy (non-hydrogen) atoms. The molecule has 10 nitrogen and oxygen atoms in total. The van der Waals surface area contributed by atoms with Crippen molar-refractivity contribution in [2.24, 2.45) is 7.05 Å². The summed E-state index contributed by atoms with van der Waals surface area (Å²) in [6.07, 6.45) is 11.0. The molecule has 0 aliphatic carbocycles. The van der Waals surface area contributed by atoms with Crippen LogP contribution in [0.3, 0.4) is 0 Å². The van der Waals surface area contributed by atoms with Gasteiger partial charge in [-0.3, -0.25) is 9.67 Å². The van der Waals surface area contributed by atoms with E-state index < -0.39 is 0 Å². The number of nitrogens with zero attached hydrogens (tertiary/aromatic N) is 7. The molecule has 3 aromatic heterocycles. The van der Waals surface area contributed by atoms with E-state index in [1.807, 2.05) is 61.8 Å². The number of rotatable bonds is 9. The Labute approximate surface area is 220 Å². The normalized spacial score (nSPS) is 11.2. The third kappa shape index (κ3) is 5.39. The van der Waals surface area contributed by atoms with Crippen LogP contribution in [0.5, 0.6) is 17.4 Å². The van der Waals surface area contributed by atoms with Gasteiger partial charge in [-0.1, -0.05) is 6.08 Å². The molecule has 0 amide bonds. The third-order valence-corrected chi connectivity index (χ3v) is 5.90. The van der Waals surface area contributed by atoms with E-state index in [-0.39, 0.29) is 0 Å². The summed E-state index contributed by atoms with van der Waals surface area (Å²) in [6, 6.07) is 13.5. The zero-order valence-corrected chi connectivity index (χ0v) is 21.6. The molecule has 0 fully saturated rings. The minimum Gasteiger partial charge on any atom is -0.497 e. The van der Waals surface area contributed by atoms with Gasteiger partial charge in [0, 0.05) is 67.2 Å². The van der Waals surface area contributed by atoms with Crippen molar-refractivity contribution in [1.82, 2.24) is 29.7 Å². The fourth-order valence-electron chi connectivity index (χ4n) is 3.98. The smallest absolute Gasteiger partial charge is 0.216 e. The monoisotopic (exact) mass is 509 g/mol. The number of benzene rings is 2. The van der Waals surface area contributed by atoms with Crippen LogP contribution in [0.15, 0.2) is 73.3 Å². The lowest BCUT2D eigenvalue weighted by Crippen LogP contribution is -2.17. The Balaban J connectivity index is 1.55. The number of aromatic nitrogens is 6. The van der Waals surface area contributed by atoms with Crippen molar-refractivity contribution in [3.05, 3.63) is 79.2 Å². The maximum atomic E-state index is 5.53. The van der Waals surface area contributed by atoms with Crippen LogP contribution in [0.2, 0.25) is 0 Å². The molecule has 0 N–H and O–H groups in total. The number of hydrogen-bond acceptors (Lipinski definition) is 9. The zero-order chi connectivity index (χ0) is 26.5. The molecular formula is C28H27N7O3. The van der Waals surface area contributed by atoms with Crippen molar-refractivity contribution >= 4 is 28.5 Å². The van der Waals surface area contributed by atoms with E-state index in [4.69, 9.17) is 19.2 Å². The highest BCUT2D eigenvalue weighted by molar-refractivity contribution is 5.83. The van der Waals surface area contributed by atoms with Gasteiger partial charge < -0.3 is 19.1 Å². The lowest BCUT2D eigenvalue weighted by Gasteiger charge is -2.25. The SMILES string of the molecule is COc1cc(OC)cc(N(C/C=C/c2nccc(OC)n2)c2ccc3ncc(-c4cnn(C)c4)nc3c2)c1. The van der Waals surface area contributed by atoms with Crippen LogP contribution in [-0.2, 0) is 7.05 Å². The maximum Gasteiger partial charge on any atom is 0.216 e. The molecule has 0 unspecified atom stereocenters. The molecule has 3 heterocycles. The van der Waals surface area contributed by atoms with Gasteiger partial charge in [0.15, 0.2) is 5.82 Å². The Morgan fingerprint density at radius 1 is 0.842 bits per heavy atom. The third-order valence-electron chi connectivity index (χ3n) is 5.90. The first-order valence-corrected chi connectivity index (χ1v) is 11.9. The largest absolute Gasteiger partial charge is 0.497 e. The minimum absolute atomic E-state index is 0.506. The zero-order valence-electron chi connectivity index (χ0n) is 21.6. The molecule has 5 aromatic rings. The van der Waals surface area contributed by atoms with Crippen molar-refractivity contribution in [2.75, 3.05) is 32.8 Å². The van der Waals surface area contributed by atoms with Gasteiger partial charge >= 0.3 is 0 Å². The van der Waals surface area contributed by atoms with Gasteiger partial charge in [-0.25, -0.2) is 9.97 Å². The van der Waals surface area contributed by atoms with E-state index in [2.05, 4.69) is 25.0 Å². The van der Waals surface area contributed by atoms with Crippen LogP contribution >= 0.6 is 0 Å². The van der Waals surface area contributed by atoms with Crippen LogP contribution in [0.1, 0.15) is 5.82 Å². The number of ether oxygens (including phenoxy) is 3. The highest BCUT2D eigenvalue weighted by Crippen LogP contribution is 2.34. The summed E-state index contributed by atoms with van der Waals surface area (Å²) < 4.78 is 18.0. The minimum atomic E-state index is 0.506. The van der Waals surface area contributed by atoms with E-state index in [0.717, 1.165) is 33.7 Å². The summed E-state index contributed by atoms with van der Waals surface area (Å²) in [7, 11) is 6.72. The molecule has 0 aliphatic rings. The number of methoxy groups -OCH3 is 3. The lowest BCUT2D eigenvalue weighted by atomic mass is 10.2. The fraction of sp³-hybridized carbons (Fsp3) is 0.179. The van der Waals surface area contributed by atoms with Crippen molar-refractivity contribution < 1.29 is 14.2 Å². The highest BCUT2D eigenvalue weighted by Gasteiger charge is 2.14. The molecule has 0 saturated heterocycles. The van der Waals surface area contributed by atoms with Gasteiger partial charge in [-0.05, 0) is 24.3 Å². The molecule has 0 aliphatic heterocycles. The molecule has 0 spiro atoms. The second kappa shape index (κ2) is 11.0. The van der Waals surface area contributed by atoms with Gasteiger partial charge in [-0.15, -0.1) is 0 Å². The molecule has 0 saturated carbocycles. The van der Waals surface area contributed by atoms with Crippen molar-refractivity contribution in [2.45, 2.75) is 0 Å². The van der Waals surface area contributed by atoms with Crippen LogP contribution in [0.4, 0.5) is 11.4 Å². The average molecular weight is 510 g/mol. The second-order valence-electron chi connectivity index (χ2n) is 8.37. The van der Waals surface area contributed by atoms with E-state index >= 15 is 0 Å². The standard InChI is InChI=1S/C28H27N7O3/c1-34-18-19(16-31-34)26-17-30-24-8-7-20(14-25(24)32-26)35(21-12-22(36-2)15-23(13-21)37-3)11-5-6-27-29-10-9-28(33-27)38-4/h5-10,12-18H,11H2,1-4H3/b6-5+. The molecule has 0 atom stereocenters. The number of aryl methyl sites for hydroxylation is 1. The van der Waals surface area contributed by atoms with Gasteiger partial charge in [-0.2, -0.15) is 10.1 Å². The summed E-state index contributed by atoms with van der Waals surface area (Å²) in [5.74, 6) is 2.43. The Bertz CT molecular complexity index is 1580. The van der Waals surface area contributed by atoms with E-state index in [1.54, 1.807) is 50.7 Å². The van der Waals surface area contributed by atoms with E-state index in [9.17, 15) is 0 Å². The summed E-state index contributed by atoms with van der Waals surface area (Å²) in [4.78, 5) is 20.3. The fourth-order valence-corrected chi connectivity index (χ4v) is 3.98.